The van der Waals surface area contributed by atoms with Crippen molar-refractivity contribution in [3.63, 3.8) is 0 Å². The van der Waals surface area contributed by atoms with Crippen LogP contribution in [-0.2, 0) is 9.47 Å². The Morgan fingerprint density at radius 2 is 2.36 bits per heavy atom. The van der Waals surface area contributed by atoms with Gasteiger partial charge in [-0.3, -0.25) is 0 Å². The smallest absolute Gasteiger partial charge is 0.258 e. The van der Waals surface area contributed by atoms with Crippen molar-refractivity contribution in [2.75, 3.05) is 19.8 Å². The summed E-state index contributed by atoms with van der Waals surface area (Å²) in [4.78, 5) is 4.12. The van der Waals surface area contributed by atoms with Crippen molar-refractivity contribution in [3.05, 3.63) is 11.7 Å². The van der Waals surface area contributed by atoms with Crippen molar-refractivity contribution < 1.29 is 14.0 Å². The zero-order valence-electron chi connectivity index (χ0n) is 7.77. The second-order valence-corrected chi connectivity index (χ2v) is 3.70. The molecule has 1 saturated heterocycles. The average Bonchev–Trinajstić information content (AvgIpc) is 2.68. The third-order valence-corrected chi connectivity index (χ3v) is 2.10. The largest absolute Gasteiger partial charge is 0.376 e. The van der Waals surface area contributed by atoms with Crippen molar-refractivity contribution in [2.24, 2.45) is 0 Å². The first-order valence-corrected chi connectivity index (χ1v) is 4.88. The third kappa shape index (κ3) is 2.05. The van der Waals surface area contributed by atoms with Crippen LogP contribution in [0.3, 0.4) is 0 Å². The van der Waals surface area contributed by atoms with Gasteiger partial charge in [-0.2, -0.15) is 4.98 Å². The summed E-state index contributed by atoms with van der Waals surface area (Å²) in [5.74, 6) is 0.919. The molecule has 2 heterocycles. The predicted molar refractivity (Wildman–Crippen MR) is 48.1 cm³/mol. The second-order valence-electron chi connectivity index (χ2n) is 3.04. The van der Waals surface area contributed by atoms with Gasteiger partial charge < -0.3 is 14.0 Å². The molecule has 78 valence electrons. The quantitative estimate of drug-likeness (QED) is 0.704. The van der Waals surface area contributed by atoms with Crippen molar-refractivity contribution in [3.8, 4) is 0 Å². The average molecular weight is 219 g/mol. The highest BCUT2D eigenvalue weighted by molar-refractivity contribution is 6.20. The summed E-state index contributed by atoms with van der Waals surface area (Å²) in [6.45, 7) is 3.41. The van der Waals surface area contributed by atoms with E-state index in [-0.39, 0.29) is 11.5 Å². The third-order valence-electron chi connectivity index (χ3n) is 1.90. The molecular formula is C8H11ClN2O3. The molecule has 0 spiro atoms. The van der Waals surface area contributed by atoms with Crippen LogP contribution in [0.25, 0.3) is 0 Å². The van der Waals surface area contributed by atoms with Crippen molar-refractivity contribution in [1.29, 1.82) is 0 Å². The minimum Gasteiger partial charge on any atom is -0.376 e. The zero-order valence-corrected chi connectivity index (χ0v) is 8.53. The van der Waals surface area contributed by atoms with Crippen LogP contribution in [0.2, 0.25) is 0 Å². The molecule has 1 aromatic rings. The van der Waals surface area contributed by atoms with Crippen LogP contribution in [-0.4, -0.2) is 30.0 Å². The molecule has 0 bridgehead atoms. The summed E-state index contributed by atoms with van der Waals surface area (Å²) in [6, 6.07) is 0. The monoisotopic (exact) mass is 218 g/mol. The fourth-order valence-corrected chi connectivity index (χ4v) is 1.26. The van der Waals surface area contributed by atoms with E-state index in [4.69, 9.17) is 25.6 Å². The Kier molecular flexibility index (Phi) is 3.00. The molecule has 0 radical (unpaired) electrons. The van der Waals surface area contributed by atoms with Crippen molar-refractivity contribution in [1.82, 2.24) is 10.1 Å². The minimum absolute atomic E-state index is 0.250. The van der Waals surface area contributed by atoms with Crippen LogP contribution in [0.1, 0.15) is 30.1 Å². The molecule has 5 nitrogen and oxygen atoms in total. The van der Waals surface area contributed by atoms with Gasteiger partial charge in [0.15, 0.2) is 11.9 Å². The Bertz CT molecular complexity index is 297. The van der Waals surface area contributed by atoms with E-state index in [0.717, 1.165) is 0 Å². The maximum atomic E-state index is 5.80. The number of hydrogen-bond donors (Lipinski definition) is 0. The Morgan fingerprint density at radius 1 is 1.50 bits per heavy atom. The lowest BCUT2D eigenvalue weighted by Crippen LogP contribution is -2.22. The maximum absolute atomic E-state index is 5.80. The Morgan fingerprint density at radius 3 is 2.93 bits per heavy atom. The van der Waals surface area contributed by atoms with Gasteiger partial charge in [0.1, 0.15) is 0 Å². The molecular weight excluding hydrogens is 208 g/mol. The van der Waals surface area contributed by atoms with Gasteiger partial charge in [0.25, 0.3) is 5.89 Å². The number of rotatable bonds is 2. The van der Waals surface area contributed by atoms with Crippen molar-refractivity contribution in [2.45, 2.75) is 18.4 Å². The highest BCUT2D eigenvalue weighted by Crippen LogP contribution is 2.22. The van der Waals surface area contributed by atoms with E-state index >= 15 is 0 Å². The van der Waals surface area contributed by atoms with Gasteiger partial charge in [0.05, 0.1) is 25.2 Å². The fraction of sp³-hybridized carbons (Fsp3) is 0.750. The first-order chi connectivity index (χ1) is 6.77. The lowest BCUT2D eigenvalue weighted by atomic mass is 10.3. The van der Waals surface area contributed by atoms with Gasteiger partial charge in [0, 0.05) is 0 Å². The van der Waals surface area contributed by atoms with Crippen molar-refractivity contribution >= 4 is 11.6 Å². The molecule has 6 heteroatoms. The molecule has 1 aliphatic heterocycles. The molecule has 0 amide bonds. The standard InChI is InChI=1S/C8H11ClN2O3/c1-5(9)7-10-8(14-11-7)6-4-12-2-3-13-6/h5-6H,2-4H2,1H3. The molecule has 0 aromatic carbocycles. The summed E-state index contributed by atoms with van der Waals surface area (Å²) >= 11 is 5.80. The van der Waals surface area contributed by atoms with Crippen LogP contribution >= 0.6 is 11.6 Å². The number of aromatic nitrogens is 2. The van der Waals surface area contributed by atoms with E-state index in [2.05, 4.69) is 10.1 Å². The van der Waals surface area contributed by atoms with Crippen LogP contribution in [0.15, 0.2) is 4.52 Å². The minimum atomic E-state index is -0.253. The first kappa shape index (κ1) is 9.89. The molecule has 2 unspecified atom stereocenters. The number of hydrogen-bond acceptors (Lipinski definition) is 5. The SMILES string of the molecule is CC(Cl)c1noc(C2COCCO2)n1. The molecule has 2 atom stereocenters. The highest BCUT2D eigenvalue weighted by atomic mass is 35.5. The van der Waals surface area contributed by atoms with Crippen LogP contribution in [0.5, 0.6) is 0 Å². The van der Waals surface area contributed by atoms with Gasteiger partial charge in [0.2, 0.25) is 0 Å². The summed E-state index contributed by atoms with van der Waals surface area (Å²) < 4.78 is 15.6. The van der Waals surface area contributed by atoms with E-state index in [9.17, 15) is 0 Å². The van der Waals surface area contributed by atoms with E-state index < -0.39 is 0 Å². The van der Waals surface area contributed by atoms with Crippen LogP contribution < -0.4 is 0 Å². The lowest BCUT2D eigenvalue weighted by molar-refractivity contribution is -0.101. The van der Waals surface area contributed by atoms with Gasteiger partial charge >= 0.3 is 0 Å². The molecule has 1 aromatic heterocycles. The molecule has 2 rings (SSSR count). The second kappa shape index (κ2) is 4.25. The van der Waals surface area contributed by atoms with E-state index in [0.29, 0.717) is 31.5 Å². The normalized spacial score (nSPS) is 24.9. The number of nitrogens with zero attached hydrogens (tertiary/aromatic N) is 2. The van der Waals surface area contributed by atoms with Crippen LogP contribution in [0.4, 0.5) is 0 Å². The number of halogens is 1. The van der Waals surface area contributed by atoms with E-state index in [1.165, 1.54) is 0 Å². The number of alkyl halides is 1. The van der Waals surface area contributed by atoms with Crippen LogP contribution in [0, 0.1) is 0 Å². The lowest BCUT2D eigenvalue weighted by Gasteiger charge is -2.19. The number of ether oxygens (including phenoxy) is 2. The predicted octanol–water partition coefficient (Wildman–Crippen LogP) is 1.46. The van der Waals surface area contributed by atoms with Gasteiger partial charge in [-0.1, -0.05) is 5.16 Å². The zero-order chi connectivity index (χ0) is 9.97. The molecule has 1 aliphatic rings. The molecule has 1 fully saturated rings. The van der Waals surface area contributed by atoms with Gasteiger partial charge in [-0.05, 0) is 6.92 Å². The molecule has 0 aliphatic carbocycles. The fourth-order valence-electron chi connectivity index (χ4n) is 1.17. The summed E-state index contributed by atoms with van der Waals surface area (Å²) in [6.07, 6.45) is -0.250. The molecule has 14 heavy (non-hydrogen) atoms. The first-order valence-electron chi connectivity index (χ1n) is 4.44. The Balaban J connectivity index is 2.07. The Hall–Kier alpha value is -0.650. The van der Waals surface area contributed by atoms with E-state index in [1.54, 1.807) is 6.92 Å². The van der Waals surface area contributed by atoms with E-state index in [1.807, 2.05) is 0 Å². The summed E-state index contributed by atoms with van der Waals surface area (Å²) in [5.41, 5.74) is 0. The summed E-state index contributed by atoms with van der Waals surface area (Å²) in [7, 11) is 0. The van der Waals surface area contributed by atoms with Gasteiger partial charge in [-0.15, -0.1) is 11.6 Å². The topological polar surface area (TPSA) is 57.4 Å². The maximum Gasteiger partial charge on any atom is 0.258 e. The molecule has 0 saturated carbocycles. The highest BCUT2D eigenvalue weighted by Gasteiger charge is 2.23. The molecule has 0 N–H and O–H groups in total. The summed E-state index contributed by atoms with van der Waals surface area (Å²) in [5, 5.41) is 3.48. The Labute approximate surface area is 86.3 Å². The van der Waals surface area contributed by atoms with Gasteiger partial charge in [-0.25, -0.2) is 0 Å².